The van der Waals surface area contributed by atoms with Gasteiger partial charge in [-0.05, 0) is 9.90 Å². The average Bonchev–Trinajstić information content (AvgIpc) is 1.69. The van der Waals surface area contributed by atoms with E-state index in [1.165, 1.54) is 12.1 Å². The van der Waals surface area contributed by atoms with E-state index in [1.54, 1.807) is 12.1 Å². The summed E-state index contributed by atoms with van der Waals surface area (Å²) in [5, 5.41) is 10.3. The monoisotopic (exact) mass is 128 g/mol. The molecular weight excluding hydrogens is 119 g/mol. The van der Waals surface area contributed by atoms with Gasteiger partial charge in [-0.3, -0.25) is 0 Å². The molecule has 1 aromatic rings. The topological polar surface area (TPSA) is 23.1 Å². The SMILES string of the molecule is [O-]c1ccccc1.[PH4+]. The molecule has 2 heteroatoms. The molecule has 0 fully saturated rings. The third-order valence-corrected chi connectivity index (χ3v) is 0.743. The largest absolute Gasteiger partial charge is 0.872 e. The molecule has 0 radical (unpaired) electrons. The Bertz CT molecular complexity index is 138. The molecule has 0 saturated carbocycles. The normalized spacial score (nSPS) is 7.50. The molecule has 8 heavy (non-hydrogen) atoms. The van der Waals surface area contributed by atoms with Gasteiger partial charge in [-0.15, -0.1) is 5.75 Å². The zero-order chi connectivity index (χ0) is 5.11. The lowest BCUT2D eigenvalue weighted by molar-refractivity contribution is -0.268. The molecule has 0 aromatic heterocycles. The summed E-state index contributed by atoms with van der Waals surface area (Å²) in [7, 11) is 0. The van der Waals surface area contributed by atoms with Crippen LogP contribution in [0.15, 0.2) is 30.3 Å². The van der Waals surface area contributed by atoms with E-state index >= 15 is 0 Å². The third-order valence-electron chi connectivity index (χ3n) is 0.743. The summed E-state index contributed by atoms with van der Waals surface area (Å²) in [5.74, 6) is 0.0718. The van der Waals surface area contributed by atoms with Crippen LogP contribution in [-0.4, -0.2) is 0 Å². The third kappa shape index (κ3) is 1.94. The molecule has 0 bridgehead atoms. The predicted molar refractivity (Wildman–Crippen MR) is 38.4 cm³/mol. The molecule has 1 atom stereocenters. The van der Waals surface area contributed by atoms with Crippen LogP contribution in [0.25, 0.3) is 0 Å². The van der Waals surface area contributed by atoms with E-state index in [4.69, 9.17) is 0 Å². The first-order valence-corrected chi connectivity index (χ1v) is 2.11. The number of benzene rings is 1. The first-order valence-electron chi connectivity index (χ1n) is 2.11. The van der Waals surface area contributed by atoms with E-state index in [9.17, 15) is 5.11 Å². The zero-order valence-corrected chi connectivity index (χ0v) is 6.79. The fourth-order valence-electron chi connectivity index (χ4n) is 0.420. The molecule has 0 amide bonds. The summed E-state index contributed by atoms with van der Waals surface area (Å²) in [6, 6.07) is 8.33. The number of para-hydroxylation sites is 1. The van der Waals surface area contributed by atoms with Crippen molar-refractivity contribution in [3.05, 3.63) is 30.3 Å². The second-order valence-corrected chi connectivity index (χ2v) is 1.31. The summed E-state index contributed by atoms with van der Waals surface area (Å²) < 4.78 is 0. The van der Waals surface area contributed by atoms with Gasteiger partial charge < -0.3 is 5.11 Å². The van der Waals surface area contributed by atoms with E-state index in [-0.39, 0.29) is 15.6 Å². The van der Waals surface area contributed by atoms with E-state index in [1.807, 2.05) is 6.07 Å². The maximum atomic E-state index is 10.3. The second-order valence-electron chi connectivity index (χ2n) is 1.31. The number of hydrogen-bond acceptors (Lipinski definition) is 1. The Balaban J connectivity index is 0.000000490. The van der Waals surface area contributed by atoms with Gasteiger partial charge in [-0.2, -0.15) is 0 Å². The Labute approximate surface area is 52.0 Å². The first kappa shape index (κ1) is 7.45. The van der Waals surface area contributed by atoms with Crippen LogP contribution in [0, 0.1) is 0 Å². The molecule has 1 unspecified atom stereocenters. The minimum absolute atomic E-state index is 0. The van der Waals surface area contributed by atoms with Crippen LogP contribution in [-0.2, 0) is 0 Å². The standard InChI is InChI=1S/C6H6O.H3P/c7-6-4-2-1-3-5-6;/h1-5,7H;1H3. The van der Waals surface area contributed by atoms with Gasteiger partial charge >= 0.3 is 0 Å². The Morgan fingerprint density at radius 2 is 1.50 bits per heavy atom. The van der Waals surface area contributed by atoms with Crippen LogP contribution in [0.3, 0.4) is 0 Å². The van der Waals surface area contributed by atoms with Crippen LogP contribution in [0.2, 0.25) is 0 Å². The van der Waals surface area contributed by atoms with Crippen molar-refractivity contribution in [2.75, 3.05) is 0 Å². The van der Waals surface area contributed by atoms with Crippen molar-refractivity contribution in [3.8, 4) is 5.75 Å². The molecule has 1 nitrogen and oxygen atoms in total. The molecular formula is C6H9OP. The smallest absolute Gasteiger partial charge is 0.0395 e. The molecule has 0 aliphatic rings. The fourth-order valence-corrected chi connectivity index (χ4v) is 0.420. The molecule has 0 N–H and O–H groups in total. The van der Waals surface area contributed by atoms with Crippen LogP contribution in [0.1, 0.15) is 0 Å². The molecule has 0 heterocycles. The highest BCUT2D eigenvalue weighted by Gasteiger charge is 1.64. The first-order chi connectivity index (χ1) is 3.39. The summed E-state index contributed by atoms with van der Waals surface area (Å²) in [4.78, 5) is 0. The highest BCUT2D eigenvalue weighted by molar-refractivity contribution is 6.92. The Morgan fingerprint density at radius 3 is 1.75 bits per heavy atom. The lowest BCUT2D eigenvalue weighted by atomic mass is 10.3. The van der Waals surface area contributed by atoms with Crippen molar-refractivity contribution in [1.82, 2.24) is 0 Å². The van der Waals surface area contributed by atoms with Gasteiger partial charge in [0.25, 0.3) is 0 Å². The van der Waals surface area contributed by atoms with E-state index < -0.39 is 0 Å². The van der Waals surface area contributed by atoms with Crippen molar-refractivity contribution >= 4 is 9.90 Å². The van der Waals surface area contributed by atoms with Gasteiger partial charge in [0, 0.05) is 0 Å². The molecule has 0 spiro atoms. The van der Waals surface area contributed by atoms with Gasteiger partial charge in [0.05, 0.1) is 0 Å². The molecule has 1 rings (SSSR count). The molecule has 0 aliphatic carbocycles. The van der Waals surface area contributed by atoms with E-state index in [0.29, 0.717) is 0 Å². The number of hydrogen-bond donors (Lipinski definition) is 0. The van der Waals surface area contributed by atoms with Gasteiger partial charge in [0.1, 0.15) is 0 Å². The minimum Gasteiger partial charge on any atom is -0.872 e. The van der Waals surface area contributed by atoms with E-state index in [0.717, 1.165) is 0 Å². The number of rotatable bonds is 0. The average molecular weight is 128 g/mol. The second kappa shape index (κ2) is 3.45. The highest BCUT2D eigenvalue weighted by Crippen LogP contribution is 1.98. The van der Waals surface area contributed by atoms with Crippen molar-refractivity contribution in [2.24, 2.45) is 0 Å². The lowest BCUT2D eigenvalue weighted by Gasteiger charge is -1.98. The highest BCUT2D eigenvalue weighted by atomic mass is 31.0. The Hall–Kier alpha value is -0.550. The minimum atomic E-state index is 0. The molecule has 1 aromatic carbocycles. The van der Waals surface area contributed by atoms with Gasteiger partial charge in [0.2, 0.25) is 0 Å². The van der Waals surface area contributed by atoms with Crippen LogP contribution in [0.4, 0.5) is 0 Å². The zero-order valence-electron chi connectivity index (χ0n) is 4.79. The van der Waals surface area contributed by atoms with Gasteiger partial charge in [-0.1, -0.05) is 30.3 Å². The quantitative estimate of drug-likeness (QED) is 0.468. The van der Waals surface area contributed by atoms with Gasteiger partial charge in [0.15, 0.2) is 0 Å². The molecule has 44 valence electrons. The maximum Gasteiger partial charge on any atom is -0.0395 e. The van der Waals surface area contributed by atoms with Crippen LogP contribution in [0.5, 0.6) is 5.75 Å². The van der Waals surface area contributed by atoms with E-state index in [2.05, 4.69) is 0 Å². The summed E-state index contributed by atoms with van der Waals surface area (Å²) in [5.41, 5.74) is 0. The lowest BCUT2D eigenvalue weighted by Crippen LogP contribution is -1.85. The molecule has 0 saturated heterocycles. The maximum absolute atomic E-state index is 10.3. The molecule has 0 aliphatic heterocycles. The summed E-state index contributed by atoms with van der Waals surface area (Å²) in [6.07, 6.45) is 0. The summed E-state index contributed by atoms with van der Waals surface area (Å²) in [6.45, 7) is 0. The van der Waals surface area contributed by atoms with Crippen molar-refractivity contribution in [3.63, 3.8) is 0 Å². The Kier molecular flexibility index (Phi) is 3.21. The van der Waals surface area contributed by atoms with Crippen LogP contribution < -0.4 is 5.11 Å². The van der Waals surface area contributed by atoms with Crippen LogP contribution >= 0.6 is 9.90 Å². The predicted octanol–water partition coefficient (Wildman–Crippen LogP) is 0.551. The van der Waals surface area contributed by atoms with Crippen molar-refractivity contribution < 1.29 is 5.11 Å². The van der Waals surface area contributed by atoms with Gasteiger partial charge in [-0.25, -0.2) is 0 Å². The summed E-state index contributed by atoms with van der Waals surface area (Å²) >= 11 is 0. The fraction of sp³-hybridized carbons (Fsp3) is 0. The van der Waals surface area contributed by atoms with Crippen molar-refractivity contribution in [2.45, 2.75) is 0 Å². The van der Waals surface area contributed by atoms with Crippen molar-refractivity contribution in [1.29, 1.82) is 0 Å². The Morgan fingerprint density at radius 1 is 1.00 bits per heavy atom.